The normalized spacial score (nSPS) is 14.7. The van der Waals surface area contributed by atoms with E-state index in [9.17, 15) is 9.18 Å². The smallest absolute Gasteiger partial charge is 0.233 e. The van der Waals surface area contributed by atoms with Crippen LogP contribution in [0, 0.1) is 12.7 Å². The lowest BCUT2D eigenvalue weighted by Gasteiger charge is -2.34. The van der Waals surface area contributed by atoms with Crippen LogP contribution in [0.15, 0.2) is 29.7 Å². The van der Waals surface area contributed by atoms with Crippen LogP contribution in [-0.4, -0.2) is 76.2 Å². The van der Waals surface area contributed by atoms with E-state index in [4.69, 9.17) is 15.3 Å². The number of benzene rings is 1. The molecule has 0 aliphatic carbocycles. The van der Waals surface area contributed by atoms with E-state index in [-0.39, 0.29) is 23.4 Å². The third-order valence-electron chi connectivity index (χ3n) is 5.71. The highest BCUT2D eigenvalue weighted by Gasteiger charge is 2.18. The van der Waals surface area contributed by atoms with Gasteiger partial charge in [-0.15, -0.1) is 0 Å². The van der Waals surface area contributed by atoms with Gasteiger partial charge in [-0.25, -0.2) is 14.4 Å². The number of hydrogen-bond donors (Lipinski definition) is 2. The third-order valence-corrected chi connectivity index (χ3v) is 5.71. The lowest BCUT2D eigenvalue weighted by molar-refractivity contribution is -0.130. The van der Waals surface area contributed by atoms with Crippen LogP contribution in [-0.2, 0) is 9.63 Å². The number of oxime groups is 1. The molecule has 3 N–H and O–H groups in total. The minimum atomic E-state index is -0.498. The molecule has 3 aromatic rings. The van der Waals surface area contributed by atoms with E-state index in [1.807, 2.05) is 11.8 Å². The Kier molecular flexibility index (Phi) is 7.21. The van der Waals surface area contributed by atoms with Crippen LogP contribution >= 0.6 is 0 Å². The number of aromatic nitrogens is 3. The Labute approximate surface area is 196 Å². The average Bonchev–Trinajstić information content (AvgIpc) is 3.21. The number of nitrogen functional groups attached to an aromatic ring is 1. The lowest BCUT2D eigenvalue weighted by Crippen LogP contribution is -2.48. The average molecular weight is 470 g/mol. The van der Waals surface area contributed by atoms with Gasteiger partial charge in [-0.1, -0.05) is 5.16 Å². The van der Waals surface area contributed by atoms with E-state index in [0.717, 1.165) is 44.8 Å². The molecule has 180 valence electrons. The predicted octanol–water partition coefficient (Wildman–Crippen LogP) is 2.68. The number of rotatable bonds is 8. The summed E-state index contributed by atoms with van der Waals surface area (Å²) in [4.78, 5) is 32.0. The molecule has 11 heteroatoms. The second-order valence-electron chi connectivity index (χ2n) is 8.14. The molecule has 1 saturated heterocycles. The summed E-state index contributed by atoms with van der Waals surface area (Å²) < 4.78 is 20.6. The minimum absolute atomic E-state index is 0.0186. The van der Waals surface area contributed by atoms with E-state index in [2.05, 4.69) is 25.0 Å². The molecule has 2 aromatic heterocycles. The van der Waals surface area contributed by atoms with Crippen molar-refractivity contribution in [3.8, 4) is 11.6 Å². The molecule has 10 nitrogen and oxygen atoms in total. The van der Waals surface area contributed by atoms with Gasteiger partial charge in [-0.3, -0.25) is 9.69 Å². The van der Waals surface area contributed by atoms with Gasteiger partial charge >= 0.3 is 0 Å². The molecule has 1 aliphatic heterocycles. The fourth-order valence-electron chi connectivity index (χ4n) is 3.85. The van der Waals surface area contributed by atoms with Gasteiger partial charge in [0.2, 0.25) is 11.8 Å². The molecule has 1 fully saturated rings. The van der Waals surface area contributed by atoms with Gasteiger partial charge in [0.05, 0.1) is 6.21 Å². The van der Waals surface area contributed by atoms with Crippen molar-refractivity contribution in [1.82, 2.24) is 24.8 Å². The highest BCUT2D eigenvalue weighted by molar-refractivity contribution is 5.88. The van der Waals surface area contributed by atoms with Crippen LogP contribution in [0.4, 0.5) is 10.2 Å². The monoisotopic (exact) mass is 469 g/mol. The van der Waals surface area contributed by atoms with Gasteiger partial charge in [0.1, 0.15) is 24.3 Å². The molecule has 0 bridgehead atoms. The number of piperazine rings is 1. The first kappa shape index (κ1) is 23.4. The fraction of sp³-hybridized carbons (Fsp3) is 0.391. The molecule has 3 heterocycles. The first-order valence-corrected chi connectivity index (χ1v) is 11.1. The minimum Gasteiger partial charge on any atom is -0.435 e. The molecule has 34 heavy (non-hydrogen) atoms. The molecule has 0 atom stereocenters. The predicted molar refractivity (Wildman–Crippen MR) is 126 cm³/mol. The SMILES string of the molecule is CC(=O)N1CCN(CCCON=Cc2c(N)ncnc2Oc2ccc3[nH]c(C)cc3c2F)CC1. The fourth-order valence-corrected chi connectivity index (χ4v) is 3.85. The van der Waals surface area contributed by atoms with Crippen molar-refractivity contribution >= 4 is 28.8 Å². The van der Waals surface area contributed by atoms with Crippen molar-refractivity contribution in [3.05, 3.63) is 41.6 Å². The summed E-state index contributed by atoms with van der Waals surface area (Å²) in [5.74, 6) is -0.145. The lowest BCUT2D eigenvalue weighted by atomic mass is 10.2. The van der Waals surface area contributed by atoms with Crippen molar-refractivity contribution in [2.45, 2.75) is 20.3 Å². The van der Waals surface area contributed by atoms with Crippen molar-refractivity contribution in [2.75, 3.05) is 45.1 Å². The number of aromatic amines is 1. The van der Waals surface area contributed by atoms with Crippen LogP contribution in [0.2, 0.25) is 0 Å². The first-order valence-electron chi connectivity index (χ1n) is 11.1. The molecule has 1 aliphatic rings. The Morgan fingerprint density at radius 3 is 2.85 bits per heavy atom. The van der Waals surface area contributed by atoms with E-state index in [0.29, 0.717) is 23.1 Å². The summed E-state index contributed by atoms with van der Waals surface area (Å²) in [5, 5.41) is 4.39. The molecule has 4 rings (SSSR count). The molecule has 0 unspecified atom stereocenters. The number of halogens is 1. The Bertz CT molecular complexity index is 1190. The first-order chi connectivity index (χ1) is 16.4. The summed E-state index contributed by atoms with van der Waals surface area (Å²) in [6.07, 6.45) is 3.39. The van der Waals surface area contributed by atoms with Crippen LogP contribution in [0.5, 0.6) is 11.6 Å². The summed E-state index contributed by atoms with van der Waals surface area (Å²) >= 11 is 0. The summed E-state index contributed by atoms with van der Waals surface area (Å²) in [7, 11) is 0. The maximum atomic E-state index is 14.9. The van der Waals surface area contributed by atoms with Crippen LogP contribution < -0.4 is 10.5 Å². The Balaban J connectivity index is 1.33. The highest BCUT2D eigenvalue weighted by atomic mass is 19.1. The number of carbonyl (C=O) groups is 1. The molecular weight excluding hydrogens is 441 g/mol. The summed E-state index contributed by atoms with van der Waals surface area (Å²) in [6.45, 7) is 7.92. The molecule has 0 saturated carbocycles. The Morgan fingerprint density at radius 1 is 1.29 bits per heavy atom. The zero-order chi connectivity index (χ0) is 24.1. The van der Waals surface area contributed by atoms with Gasteiger partial charge in [-0.05, 0) is 31.5 Å². The standard InChI is InChI=1S/C23H28FN7O3/c1-15-12-17-19(29-15)4-5-20(21(17)24)34-23-18(22(25)26-14-27-23)13-28-33-11-3-6-30-7-9-31(10-8-30)16(2)32/h4-5,12-14,29H,3,6-11H2,1-2H3,(H2,25,26,27). The molecule has 0 spiro atoms. The Morgan fingerprint density at radius 2 is 2.09 bits per heavy atom. The number of carbonyl (C=O) groups excluding carboxylic acids is 1. The number of amides is 1. The quantitative estimate of drug-likeness (QED) is 0.295. The van der Waals surface area contributed by atoms with Gasteiger partial charge in [-0.2, -0.15) is 0 Å². The maximum Gasteiger partial charge on any atom is 0.233 e. The van der Waals surface area contributed by atoms with Gasteiger partial charge in [0.15, 0.2) is 11.6 Å². The number of H-pyrrole nitrogens is 1. The second-order valence-corrected chi connectivity index (χ2v) is 8.14. The third kappa shape index (κ3) is 5.42. The molecule has 1 aromatic carbocycles. The van der Waals surface area contributed by atoms with E-state index in [1.54, 1.807) is 19.1 Å². The van der Waals surface area contributed by atoms with E-state index in [1.165, 1.54) is 18.6 Å². The highest BCUT2D eigenvalue weighted by Crippen LogP contribution is 2.31. The van der Waals surface area contributed by atoms with Gasteiger partial charge in [0, 0.05) is 56.2 Å². The number of nitrogens with two attached hydrogens (primary N) is 1. The number of fused-ring (bicyclic) bond motifs is 1. The van der Waals surface area contributed by atoms with E-state index < -0.39 is 5.82 Å². The number of anilines is 1. The zero-order valence-corrected chi connectivity index (χ0v) is 19.3. The number of nitrogens with zero attached hydrogens (tertiary/aromatic N) is 5. The molecule has 1 amide bonds. The van der Waals surface area contributed by atoms with Gasteiger partial charge in [0.25, 0.3) is 0 Å². The van der Waals surface area contributed by atoms with Gasteiger partial charge < -0.3 is 25.2 Å². The van der Waals surface area contributed by atoms with Crippen LogP contribution in [0.25, 0.3) is 10.9 Å². The number of nitrogens with one attached hydrogen (secondary N) is 1. The number of aryl methyl sites for hydroxylation is 1. The van der Waals surface area contributed by atoms with Crippen molar-refractivity contribution < 1.29 is 18.8 Å². The van der Waals surface area contributed by atoms with Crippen LogP contribution in [0.3, 0.4) is 0 Å². The topological polar surface area (TPSA) is 122 Å². The Hall–Kier alpha value is -3.73. The maximum absolute atomic E-state index is 14.9. The molecule has 0 radical (unpaired) electrons. The van der Waals surface area contributed by atoms with E-state index >= 15 is 0 Å². The van der Waals surface area contributed by atoms with Crippen molar-refractivity contribution in [2.24, 2.45) is 5.16 Å². The summed E-state index contributed by atoms with van der Waals surface area (Å²) in [6, 6.07) is 4.98. The van der Waals surface area contributed by atoms with Crippen LogP contribution in [0.1, 0.15) is 24.6 Å². The summed E-state index contributed by atoms with van der Waals surface area (Å²) in [5.41, 5.74) is 7.79. The molecular formula is C23H28FN7O3. The van der Waals surface area contributed by atoms with Crippen molar-refractivity contribution in [1.29, 1.82) is 0 Å². The number of hydrogen-bond acceptors (Lipinski definition) is 8. The number of ether oxygens (including phenoxy) is 1. The zero-order valence-electron chi connectivity index (χ0n) is 19.3. The largest absolute Gasteiger partial charge is 0.435 e. The second kappa shape index (κ2) is 10.5. The van der Waals surface area contributed by atoms with Crippen molar-refractivity contribution in [3.63, 3.8) is 0 Å².